The topological polar surface area (TPSA) is 46.5 Å². The Morgan fingerprint density at radius 1 is 1.24 bits per heavy atom. The molecule has 1 unspecified atom stereocenters. The molecule has 0 saturated carbocycles. The zero-order valence-corrected chi connectivity index (χ0v) is 13.6. The van der Waals surface area contributed by atoms with Crippen LogP contribution in [0, 0.1) is 0 Å². The number of nitrogens with zero attached hydrogens (tertiary/aromatic N) is 2. The highest BCUT2D eigenvalue weighted by Crippen LogP contribution is 2.26. The lowest BCUT2D eigenvalue weighted by Gasteiger charge is -2.34. The standard InChI is InChI=1S/C17H18F3N3O2/c1-12-15-3-2-8-22(15)9-10-23(12)11-16(24)21-13-4-6-14(7-5-13)25-17(18,19)20/h2-8,12H,9-11H2,1H3,(H,21,24). The number of halogens is 3. The van der Waals surface area contributed by atoms with Gasteiger partial charge in [-0.2, -0.15) is 0 Å². The van der Waals surface area contributed by atoms with Crippen molar-refractivity contribution in [2.75, 3.05) is 18.4 Å². The number of amides is 1. The number of hydrogen-bond acceptors (Lipinski definition) is 3. The van der Waals surface area contributed by atoms with Crippen molar-refractivity contribution >= 4 is 11.6 Å². The van der Waals surface area contributed by atoms with Crippen LogP contribution in [0.25, 0.3) is 0 Å². The van der Waals surface area contributed by atoms with Crippen LogP contribution in [0.1, 0.15) is 18.7 Å². The number of carbonyl (C=O) groups excluding carboxylic acids is 1. The highest BCUT2D eigenvalue weighted by atomic mass is 19.4. The minimum absolute atomic E-state index is 0.122. The van der Waals surface area contributed by atoms with Crippen molar-refractivity contribution < 1.29 is 22.7 Å². The normalized spacial score (nSPS) is 17.8. The molecule has 3 rings (SSSR count). The number of alkyl halides is 3. The molecule has 1 N–H and O–H groups in total. The van der Waals surface area contributed by atoms with Crippen LogP contribution < -0.4 is 10.1 Å². The maximum absolute atomic E-state index is 12.2. The van der Waals surface area contributed by atoms with Crippen LogP contribution in [0.4, 0.5) is 18.9 Å². The Morgan fingerprint density at radius 2 is 1.96 bits per heavy atom. The van der Waals surface area contributed by atoms with Crippen LogP contribution in [0.2, 0.25) is 0 Å². The lowest BCUT2D eigenvalue weighted by atomic mass is 10.1. The number of hydrogen-bond donors (Lipinski definition) is 1. The predicted molar refractivity (Wildman–Crippen MR) is 86.2 cm³/mol. The third-order valence-electron chi connectivity index (χ3n) is 4.19. The van der Waals surface area contributed by atoms with Gasteiger partial charge in [0.05, 0.1) is 6.54 Å². The van der Waals surface area contributed by atoms with Crippen LogP contribution in [-0.4, -0.2) is 34.8 Å². The minimum atomic E-state index is -4.73. The first-order valence-corrected chi connectivity index (χ1v) is 7.86. The van der Waals surface area contributed by atoms with Gasteiger partial charge in [0.2, 0.25) is 5.91 Å². The molecule has 2 heterocycles. The Kier molecular flexibility index (Phi) is 4.71. The van der Waals surface area contributed by atoms with E-state index in [0.29, 0.717) is 5.69 Å². The van der Waals surface area contributed by atoms with Gasteiger partial charge in [0.15, 0.2) is 0 Å². The first-order chi connectivity index (χ1) is 11.8. The summed E-state index contributed by atoms with van der Waals surface area (Å²) in [6, 6.07) is 9.23. The summed E-state index contributed by atoms with van der Waals surface area (Å²) in [5, 5.41) is 2.69. The van der Waals surface area contributed by atoms with Gasteiger partial charge in [0.25, 0.3) is 0 Å². The number of anilines is 1. The van der Waals surface area contributed by atoms with Crippen molar-refractivity contribution in [3.8, 4) is 5.75 Å². The van der Waals surface area contributed by atoms with Crippen LogP contribution >= 0.6 is 0 Å². The monoisotopic (exact) mass is 353 g/mol. The van der Waals surface area contributed by atoms with E-state index in [4.69, 9.17) is 0 Å². The van der Waals surface area contributed by atoms with E-state index in [1.54, 1.807) is 0 Å². The molecular formula is C17H18F3N3O2. The number of rotatable bonds is 4. The summed E-state index contributed by atoms with van der Waals surface area (Å²) in [5.41, 5.74) is 1.58. The van der Waals surface area contributed by atoms with Gasteiger partial charge in [-0.1, -0.05) is 0 Å². The van der Waals surface area contributed by atoms with Gasteiger partial charge in [-0.25, -0.2) is 0 Å². The quantitative estimate of drug-likeness (QED) is 0.916. The first kappa shape index (κ1) is 17.3. The van der Waals surface area contributed by atoms with Crippen LogP contribution in [0.15, 0.2) is 42.6 Å². The summed E-state index contributed by atoms with van der Waals surface area (Å²) in [6.45, 7) is 3.84. The van der Waals surface area contributed by atoms with E-state index in [0.717, 1.165) is 18.8 Å². The maximum Gasteiger partial charge on any atom is 0.573 e. The molecule has 25 heavy (non-hydrogen) atoms. The zero-order valence-electron chi connectivity index (χ0n) is 13.6. The number of fused-ring (bicyclic) bond motifs is 1. The number of carbonyl (C=O) groups is 1. The van der Waals surface area contributed by atoms with E-state index in [2.05, 4.69) is 19.5 Å². The second-order valence-electron chi connectivity index (χ2n) is 5.89. The third kappa shape index (κ3) is 4.33. The average Bonchev–Trinajstić information content (AvgIpc) is 3.00. The van der Waals surface area contributed by atoms with Crippen molar-refractivity contribution in [1.29, 1.82) is 0 Å². The van der Waals surface area contributed by atoms with Crippen molar-refractivity contribution in [3.05, 3.63) is 48.3 Å². The average molecular weight is 353 g/mol. The fourth-order valence-electron chi connectivity index (χ4n) is 2.97. The molecule has 0 saturated heterocycles. The summed E-state index contributed by atoms with van der Waals surface area (Å²) in [4.78, 5) is 14.3. The summed E-state index contributed by atoms with van der Waals surface area (Å²) in [6.07, 6.45) is -2.71. The van der Waals surface area contributed by atoms with Gasteiger partial charge in [-0.15, -0.1) is 13.2 Å². The van der Waals surface area contributed by atoms with E-state index in [1.807, 2.05) is 25.3 Å². The van der Waals surface area contributed by atoms with Crippen molar-refractivity contribution in [2.24, 2.45) is 0 Å². The third-order valence-corrected chi connectivity index (χ3v) is 4.19. The molecule has 1 aromatic carbocycles. The molecule has 0 spiro atoms. The second kappa shape index (κ2) is 6.79. The number of benzene rings is 1. The van der Waals surface area contributed by atoms with Gasteiger partial charge in [-0.05, 0) is 43.3 Å². The number of aromatic nitrogens is 1. The Labute approximate surface area is 143 Å². The highest BCUT2D eigenvalue weighted by molar-refractivity contribution is 5.92. The van der Waals surface area contributed by atoms with Crippen LogP contribution in [0.3, 0.4) is 0 Å². The zero-order chi connectivity index (χ0) is 18.0. The molecule has 1 atom stereocenters. The molecule has 1 amide bonds. The van der Waals surface area contributed by atoms with Crippen LogP contribution in [0.5, 0.6) is 5.75 Å². The number of nitrogens with one attached hydrogen (secondary N) is 1. The van der Waals surface area contributed by atoms with Crippen LogP contribution in [-0.2, 0) is 11.3 Å². The molecule has 1 aliphatic rings. The fraction of sp³-hybridized carbons (Fsp3) is 0.353. The molecule has 0 radical (unpaired) electrons. The molecule has 0 aliphatic carbocycles. The largest absolute Gasteiger partial charge is 0.573 e. The predicted octanol–water partition coefficient (Wildman–Crippen LogP) is 3.40. The summed E-state index contributed by atoms with van der Waals surface area (Å²) in [5.74, 6) is -0.535. The Bertz CT molecular complexity index is 740. The SMILES string of the molecule is CC1c2cccn2CCN1CC(=O)Nc1ccc(OC(F)(F)F)cc1. The van der Waals surface area contributed by atoms with Gasteiger partial charge >= 0.3 is 6.36 Å². The minimum Gasteiger partial charge on any atom is -0.406 e. The molecule has 1 aliphatic heterocycles. The van der Waals surface area contributed by atoms with Gasteiger partial charge in [-0.3, -0.25) is 9.69 Å². The fourth-order valence-corrected chi connectivity index (χ4v) is 2.97. The van der Waals surface area contributed by atoms with Gasteiger partial charge in [0.1, 0.15) is 5.75 Å². The van der Waals surface area contributed by atoms with Crippen molar-refractivity contribution in [2.45, 2.75) is 25.9 Å². The molecule has 0 fully saturated rings. The Hall–Kier alpha value is -2.48. The molecular weight excluding hydrogens is 335 g/mol. The van der Waals surface area contributed by atoms with Gasteiger partial charge in [0, 0.05) is 36.7 Å². The maximum atomic E-state index is 12.2. The number of ether oxygens (including phenoxy) is 1. The first-order valence-electron chi connectivity index (χ1n) is 7.86. The molecule has 0 bridgehead atoms. The van der Waals surface area contributed by atoms with Gasteiger partial charge < -0.3 is 14.6 Å². The Balaban J connectivity index is 1.56. The highest BCUT2D eigenvalue weighted by Gasteiger charge is 2.31. The molecule has 1 aromatic heterocycles. The summed E-state index contributed by atoms with van der Waals surface area (Å²) in [7, 11) is 0. The molecule has 2 aromatic rings. The van der Waals surface area contributed by atoms with E-state index in [1.165, 1.54) is 24.3 Å². The van der Waals surface area contributed by atoms with Crippen molar-refractivity contribution in [3.63, 3.8) is 0 Å². The second-order valence-corrected chi connectivity index (χ2v) is 5.89. The lowest BCUT2D eigenvalue weighted by molar-refractivity contribution is -0.274. The van der Waals surface area contributed by atoms with E-state index in [9.17, 15) is 18.0 Å². The Morgan fingerprint density at radius 3 is 2.64 bits per heavy atom. The molecule has 134 valence electrons. The smallest absolute Gasteiger partial charge is 0.406 e. The molecule has 8 heteroatoms. The summed E-state index contributed by atoms with van der Waals surface area (Å²) < 4.78 is 42.4. The van der Waals surface area contributed by atoms with E-state index >= 15 is 0 Å². The lowest BCUT2D eigenvalue weighted by Crippen LogP contribution is -2.41. The summed E-state index contributed by atoms with van der Waals surface area (Å²) >= 11 is 0. The van der Waals surface area contributed by atoms with E-state index < -0.39 is 6.36 Å². The molecule has 5 nitrogen and oxygen atoms in total. The van der Waals surface area contributed by atoms with Crippen molar-refractivity contribution in [1.82, 2.24) is 9.47 Å². The van der Waals surface area contributed by atoms with E-state index in [-0.39, 0.29) is 24.2 Å².